The van der Waals surface area contributed by atoms with E-state index in [1.807, 2.05) is 30.5 Å². The SMILES string of the molecule is CC1CC=Cc2c1n(-c1cnc3ccccc3n1)c1c2ccc2c3ccccc3n(-c3ccccc3)c21. The van der Waals surface area contributed by atoms with Crippen LogP contribution in [0.15, 0.2) is 103 Å². The quantitative estimate of drug-likeness (QED) is 0.252. The molecule has 4 nitrogen and oxygen atoms in total. The number of benzene rings is 4. The smallest absolute Gasteiger partial charge is 0.156 e. The lowest BCUT2D eigenvalue weighted by Gasteiger charge is -2.19. The van der Waals surface area contributed by atoms with E-state index in [1.165, 1.54) is 44.0 Å². The summed E-state index contributed by atoms with van der Waals surface area (Å²) in [5.41, 5.74) is 9.16. The summed E-state index contributed by atoms with van der Waals surface area (Å²) in [6, 6.07) is 32.1. The minimum absolute atomic E-state index is 0.366. The van der Waals surface area contributed by atoms with Crippen molar-refractivity contribution in [2.45, 2.75) is 19.3 Å². The summed E-state index contributed by atoms with van der Waals surface area (Å²) in [5.74, 6) is 1.23. The van der Waals surface area contributed by atoms with Gasteiger partial charge in [-0.2, -0.15) is 0 Å². The Balaban J connectivity index is 1.62. The Bertz CT molecular complexity index is 2020. The fourth-order valence-corrected chi connectivity index (χ4v) is 6.16. The van der Waals surface area contributed by atoms with Crippen molar-refractivity contribution in [2.24, 2.45) is 0 Å². The first kappa shape index (κ1) is 20.5. The van der Waals surface area contributed by atoms with E-state index >= 15 is 0 Å². The molecule has 3 heterocycles. The maximum atomic E-state index is 5.14. The summed E-state index contributed by atoms with van der Waals surface area (Å²) in [4.78, 5) is 9.95. The van der Waals surface area contributed by atoms with Crippen LogP contribution in [0.1, 0.15) is 30.5 Å². The highest BCUT2D eigenvalue weighted by Crippen LogP contribution is 2.44. The highest BCUT2D eigenvalue weighted by molar-refractivity contribution is 6.19. The van der Waals surface area contributed by atoms with Gasteiger partial charge in [-0.05, 0) is 36.8 Å². The molecule has 8 rings (SSSR count). The van der Waals surface area contributed by atoms with Gasteiger partial charge in [-0.25, -0.2) is 4.98 Å². The molecule has 4 aromatic carbocycles. The van der Waals surface area contributed by atoms with E-state index in [-0.39, 0.29) is 0 Å². The van der Waals surface area contributed by atoms with Crippen molar-refractivity contribution in [3.63, 3.8) is 0 Å². The second-order valence-corrected chi connectivity index (χ2v) is 9.94. The molecule has 37 heavy (non-hydrogen) atoms. The standard InChI is InChI=1S/C33H24N4/c1-21-10-9-14-24-26-19-18-25-23-13-5-8-17-29(23)36(22-11-3-2-4-12-22)32(25)33(26)37(31(21)24)30-20-34-27-15-6-7-16-28(27)35-30/h2-9,11-21H,10H2,1H3. The monoisotopic (exact) mass is 476 g/mol. The Morgan fingerprint density at radius 2 is 1.43 bits per heavy atom. The summed E-state index contributed by atoms with van der Waals surface area (Å²) in [6.07, 6.45) is 7.54. The molecule has 4 heteroatoms. The maximum absolute atomic E-state index is 5.14. The van der Waals surface area contributed by atoms with E-state index in [9.17, 15) is 0 Å². The lowest BCUT2D eigenvalue weighted by Crippen LogP contribution is -2.09. The van der Waals surface area contributed by atoms with Gasteiger partial charge in [0.25, 0.3) is 0 Å². The average Bonchev–Trinajstić information content (AvgIpc) is 3.47. The van der Waals surface area contributed by atoms with Crippen LogP contribution in [-0.4, -0.2) is 19.1 Å². The van der Waals surface area contributed by atoms with Gasteiger partial charge in [0.15, 0.2) is 5.82 Å². The number of fused-ring (bicyclic) bond motifs is 8. The first-order chi connectivity index (χ1) is 18.3. The Morgan fingerprint density at radius 1 is 0.703 bits per heavy atom. The molecule has 7 aromatic rings. The van der Waals surface area contributed by atoms with Crippen LogP contribution in [0.5, 0.6) is 0 Å². The fraction of sp³-hybridized carbons (Fsp3) is 0.0909. The third-order valence-corrected chi connectivity index (χ3v) is 7.76. The van der Waals surface area contributed by atoms with E-state index in [4.69, 9.17) is 9.97 Å². The van der Waals surface area contributed by atoms with Crippen LogP contribution in [0, 0.1) is 0 Å². The van der Waals surface area contributed by atoms with E-state index < -0.39 is 0 Å². The van der Waals surface area contributed by atoms with Crippen LogP contribution < -0.4 is 0 Å². The summed E-state index contributed by atoms with van der Waals surface area (Å²) in [6.45, 7) is 2.32. The van der Waals surface area contributed by atoms with Crippen molar-refractivity contribution in [3.8, 4) is 11.5 Å². The van der Waals surface area contributed by atoms with Crippen molar-refractivity contribution < 1.29 is 0 Å². The molecule has 0 N–H and O–H groups in total. The Kier molecular flexibility index (Phi) is 4.23. The number of hydrogen-bond acceptors (Lipinski definition) is 2. The van der Waals surface area contributed by atoms with Gasteiger partial charge in [-0.15, -0.1) is 0 Å². The summed E-state index contributed by atoms with van der Waals surface area (Å²) >= 11 is 0. The zero-order valence-electron chi connectivity index (χ0n) is 20.5. The predicted molar refractivity (Wildman–Crippen MR) is 153 cm³/mol. The van der Waals surface area contributed by atoms with Gasteiger partial charge in [0.05, 0.1) is 33.8 Å². The van der Waals surface area contributed by atoms with Crippen molar-refractivity contribution in [2.75, 3.05) is 0 Å². The molecule has 176 valence electrons. The van der Waals surface area contributed by atoms with Crippen LogP contribution in [0.2, 0.25) is 0 Å². The second-order valence-electron chi connectivity index (χ2n) is 9.94. The third-order valence-electron chi connectivity index (χ3n) is 7.76. The number of aromatic nitrogens is 4. The molecule has 0 fully saturated rings. The molecule has 0 spiro atoms. The zero-order valence-corrected chi connectivity index (χ0v) is 20.5. The van der Waals surface area contributed by atoms with Crippen LogP contribution in [-0.2, 0) is 0 Å². The second kappa shape index (κ2) is 7.65. The zero-order chi connectivity index (χ0) is 24.5. The van der Waals surface area contributed by atoms with Crippen molar-refractivity contribution in [3.05, 3.63) is 115 Å². The van der Waals surface area contributed by atoms with Crippen molar-refractivity contribution >= 4 is 49.8 Å². The Hall–Kier alpha value is -4.70. The van der Waals surface area contributed by atoms with Gasteiger partial charge in [0.1, 0.15) is 0 Å². The van der Waals surface area contributed by atoms with E-state index in [0.29, 0.717) is 5.92 Å². The normalized spacial score (nSPS) is 15.2. The van der Waals surface area contributed by atoms with Gasteiger partial charge in [-0.3, -0.25) is 9.55 Å². The molecule has 1 atom stereocenters. The highest BCUT2D eigenvalue weighted by Gasteiger charge is 2.27. The van der Waals surface area contributed by atoms with Crippen LogP contribution in [0.4, 0.5) is 0 Å². The molecule has 1 unspecified atom stereocenters. The number of nitrogens with zero attached hydrogens (tertiary/aromatic N) is 4. The molecule has 1 aliphatic rings. The minimum Gasteiger partial charge on any atom is -0.307 e. The fourth-order valence-electron chi connectivity index (χ4n) is 6.16. The minimum atomic E-state index is 0.366. The highest BCUT2D eigenvalue weighted by atomic mass is 15.1. The molecule has 0 amide bonds. The lowest BCUT2D eigenvalue weighted by atomic mass is 9.93. The molecule has 0 saturated carbocycles. The summed E-state index contributed by atoms with van der Waals surface area (Å²) < 4.78 is 4.80. The number of hydrogen-bond donors (Lipinski definition) is 0. The van der Waals surface area contributed by atoms with Crippen LogP contribution in [0.25, 0.3) is 61.3 Å². The Morgan fingerprint density at radius 3 is 2.32 bits per heavy atom. The number of rotatable bonds is 2. The number of allylic oxidation sites excluding steroid dienone is 1. The number of para-hydroxylation sites is 4. The van der Waals surface area contributed by atoms with Gasteiger partial charge in [0.2, 0.25) is 0 Å². The molecule has 0 saturated heterocycles. The van der Waals surface area contributed by atoms with Gasteiger partial charge >= 0.3 is 0 Å². The molecule has 1 aliphatic carbocycles. The van der Waals surface area contributed by atoms with Gasteiger partial charge < -0.3 is 4.57 Å². The molecule has 0 bridgehead atoms. The lowest BCUT2D eigenvalue weighted by molar-refractivity contribution is 0.719. The molecule has 0 aliphatic heterocycles. The van der Waals surface area contributed by atoms with Crippen molar-refractivity contribution in [1.82, 2.24) is 19.1 Å². The molecular weight excluding hydrogens is 452 g/mol. The third kappa shape index (κ3) is 2.84. The first-order valence-corrected chi connectivity index (χ1v) is 12.8. The predicted octanol–water partition coefficient (Wildman–Crippen LogP) is 8.19. The maximum Gasteiger partial charge on any atom is 0.156 e. The van der Waals surface area contributed by atoms with Gasteiger partial charge in [0, 0.05) is 39.0 Å². The van der Waals surface area contributed by atoms with Crippen LogP contribution >= 0.6 is 0 Å². The Labute approximate surface area is 214 Å². The first-order valence-electron chi connectivity index (χ1n) is 12.8. The molecule has 0 radical (unpaired) electrons. The van der Waals surface area contributed by atoms with E-state index in [0.717, 1.165) is 29.0 Å². The van der Waals surface area contributed by atoms with Crippen LogP contribution in [0.3, 0.4) is 0 Å². The largest absolute Gasteiger partial charge is 0.307 e. The van der Waals surface area contributed by atoms with Crippen molar-refractivity contribution in [1.29, 1.82) is 0 Å². The van der Waals surface area contributed by atoms with Gasteiger partial charge in [-0.1, -0.05) is 79.7 Å². The summed E-state index contributed by atoms with van der Waals surface area (Å²) in [5, 5.41) is 3.75. The van der Waals surface area contributed by atoms with E-state index in [1.54, 1.807) is 0 Å². The summed E-state index contributed by atoms with van der Waals surface area (Å²) in [7, 11) is 0. The molecule has 3 aromatic heterocycles. The average molecular weight is 477 g/mol. The topological polar surface area (TPSA) is 35.6 Å². The van der Waals surface area contributed by atoms with E-state index in [2.05, 4.69) is 94.9 Å². The molecular formula is C33H24N4.